The molecule has 1 heterocycles. The fourth-order valence-corrected chi connectivity index (χ4v) is 2.31. The highest BCUT2D eigenvalue weighted by molar-refractivity contribution is 7.18. The molecule has 0 amide bonds. The van der Waals surface area contributed by atoms with Crippen LogP contribution in [-0.2, 0) is 0 Å². The predicted molar refractivity (Wildman–Crippen MR) is 55.7 cm³/mol. The Morgan fingerprint density at radius 1 is 1.43 bits per heavy atom. The van der Waals surface area contributed by atoms with E-state index in [4.69, 9.17) is 0 Å². The second kappa shape index (κ2) is 3.02. The minimum absolute atomic E-state index is 0.141. The number of fused-ring (bicyclic) bond motifs is 1. The summed E-state index contributed by atoms with van der Waals surface area (Å²) in [6.45, 7) is 3.63. The number of nitro benzene ring substituents is 1. The van der Waals surface area contributed by atoms with Crippen molar-refractivity contribution in [1.82, 2.24) is 4.98 Å². The van der Waals surface area contributed by atoms with E-state index in [1.807, 2.05) is 6.92 Å². The first-order valence-corrected chi connectivity index (χ1v) is 4.92. The third-order valence-electron chi connectivity index (χ3n) is 2.09. The van der Waals surface area contributed by atoms with Crippen molar-refractivity contribution < 1.29 is 4.92 Å². The summed E-state index contributed by atoms with van der Waals surface area (Å²) in [6, 6.07) is 3.29. The average molecular weight is 208 g/mol. The molecule has 0 aliphatic carbocycles. The first kappa shape index (κ1) is 9.08. The van der Waals surface area contributed by atoms with Gasteiger partial charge in [0.25, 0.3) is 5.69 Å². The molecule has 0 saturated carbocycles. The largest absolute Gasteiger partial charge is 0.274 e. The molecule has 2 aromatic rings. The quantitative estimate of drug-likeness (QED) is 0.534. The zero-order valence-corrected chi connectivity index (χ0v) is 8.59. The Balaban J connectivity index is 2.80. The number of benzene rings is 1. The highest BCUT2D eigenvalue weighted by Gasteiger charge is 2.14. The van der Waals surface area contributed by atoms with Crippen LogP contribution in [0.3, 0.4) is 0 Å². The van der Waals surface area contributed by atoms with Crippen LogP contribution in [0.2, 0.25) is 0 Å². The molecule has 72 valence electrons. The van der Waals surface area contributed by atoms with E-state index in [-0.39, 0.29) is 10.6 Å². The highest BCUT2D eigenvalue weighted by atomic mass is 32.1. The molecule has 0 aliphatic rings. The summed E-state index contributed by atoms with van der Waals surface area (Å²) >= 11 is 1.55. The summed E-state index contributed by atoms with van der Waals surface area (Å²) in [6.07, 6.45) is 0. The van der Waals surface area contributed by atoms with Gasteiger partial charge in [-0.3, -0.25) is 10.1 Å². The van der Waals surface area contributed by atoms with Crippen molar-refractivity contribution in [2.24, 2.45) is 0 Å². The molecule has 0 aliphatic heterocycles. The number of nitrogens with zero attached hydrogens (tertiary/aromatic N) is 2. The van der Waals surface area contributed by atoms with E-state index in [1.54, 1.807) is 24.3 Å². The Morgan fingerprint density at radius 3 is 2.79 bits per heavy atom. The fourth-order valence-electron chi connectivity index (χ4n) is 1.42. The predicted octanol–water partition coefficient (Wildman–Crippen LogP) is 2.82. The molecule has 1 aromatic carbocycles. The van der Waals surface area contributed by atoms with Crippen molar-refractivity contribution in [2.75, 3.05) is 0 Å². The van der Waals surface area contributed by atoms with Gasteiger partial charge < -0.3 is 0 Å². The first-order chi connectivity index (χ1) is 6.59. The maximum atomic E-state index is 10.7. The Kier molecular flexibility index (Phi) is 1.96. The Hall–Kier alpha value is -1.49. The monoisotopic (exact) mass is 208 g/mol. The molecule has 0 bridgehead atoms. The molecular formula is C9H8N2O2S. The van der Waals surface area contributed by atoms with Crippen molar-refractivity contribution in [2.45, 2.75) is 13.8 Å². The van der Waals surface area contributed by atoms with Gasteiger partial charge in [-0.15, -0.1) is 11.3 Å². The number of hydrogen-bond donors (Lipinski definition) is 0. The SMILES string of the molecule is Cc1nc2c(C)c([N+](=O)[O-])ccc2s1. The lowest BCUT2D eigenvalue weighted by Crippen LogP contribution is -1.91. The van der Waals surface area contributed by atoms with Gasteiger partial charge in [-0.05, 0) is 19.9 Å². The lowest BCUT2D eigenvalue weighted by atomic mass is 10.2. The number of hydrogen-bond acceptors (Lipinski definition) is 4. The van der Waals surface area contributed by atoms with Gasteiger partial charge in [0.1, 0.15) is 0 Å². The molecule has 0 fully saturated rings. The number of aryl methyl sites for hydroxylation is 2. The lowest BCUT2D eigenvalue weighted by molar-refractivity contribution is -0.385. The summed E-state index contributed by atoms with van der Waals surface area (Å²) < 4.78 is 1.01. The summed E-state index contributed by atoms with van der Waals surface area (Å²) in [7, 11) is 0. The van der Waals surface area contributed by atoms with Gasteiger partial charge in [0.05, 0.1) is 25.7 Å². The van der Waals surface area contributed by atoms with Gasteiger partial charge in [-0.1, -0.05) is 0 Å². The van der Waals surface area contributed by atoms with Crippen LogP contribution in [0, 0.1) is 24.0 Å². The van der Waals surface area contributed by atoms with Crippen LogP contribution >= 0.6 is 11.3 Å². The second-order valence-electron chi connectivity index (χ2n) is 3.05. The minimum atomic E-state index is -0.372. The maximum absolute atomic E-state index is 10.7. The molecule has 0 unspecified atom stereocenters. The van der Waals surface area contributed by atoms with Gasteiger partial charge >= 0.3 is 0 Å². The molecule has 0 saturated heterocycles. The van der Waals surface area contributed by atoms with Crippen molar-refractivity contribution >= 4 is 27.2 Å². The minimum Gasteiger partial charge on any atom is -0.258 e. The van der Waals surface area contributed by atoms with Gasteiger partial charge in [0, 0.05) is 6.07 Å². The van der Waals surface area contributed by atoms with Crippen LogP contribution in [0.1, 0.15) is 10.6 Å². The van der Waals surface area contributed by atoms with Crippen LogP contribution in [0.25, 0.3) is 10.2 Å². The molecular weight excluding hydrogens is 200 g/mol. The van der Waals surface area contributed by atoms with Crippen LogP contribution in [0.4, 0.5) is 5.69 Å². The summed E-state index contributed by atoms with van der Waals surface area (Å²) in [5.74, 6) is 0. The topological polar surface area (TPSA) is 56.0 Å². The van der Waals surface area contributed by atoms with Crippen molar-refractivity contribution in [3.8, 4) is 0 Å². The maximum Gasteiger partial charge on any atom is 0.274 e. The molecule has 5 heteroatoms. The van der Waals surface area contributed by atoms with E-state index in [0.29, 0.717) is 5.56 Å². The number of aromatic nitrogens is 1. The van der Waals surface area contributed by atoms with Crippen LogP contribution < -0.4 is 0 Å². The molecule has 0 radical (unpaired) electrons. The van der Waals surface area contributed by atoms with Crippen molar-refractivity contribution in [3.05, 3.63) is 32.8 Å². The number of rotatable bonds is 1. The highest BCUT2D eigenvalue weighted by Crippen LogP contribution is 2.29. The third-order valence-corrected chi connectivity index (χ3v) is 3.03. The normalized spacial score (nSPS) is 10.7. The van der Waals surface area contributed by atoms with E-state index in [1.165, 1.54) is 6.07 Å². The Bertz CT molecular complexity index is 519. The number of thiazole rings is 1. The molecule has 2 rings (SSSR count). The Labute approximate surface area is 84.4 Å². The van der Waals surface area contributed by atoms with Gasteiger partial charge in [-0.2, -0.15) is 0 Å². The van der Waals surface area contributed by atoms with E-state index in [0.717, 1.165) is 15.2 Å². The van der Waals surface area contributed by atoms with E-state index in [9.17, 15) is 10.1 Å². The van der Waals surface area contributed by atoms with Gasteiger partial charge in [0.15, 0.2) is 0 Å². The molecule has 0 spiro atoms. The van der Waals surface area contributed by atoms with Gasteiger partial charge in [-0.25, -0.2) is 4.98 Å². The van der Waals surface area contributed by atoms with Crippen LogP contribution in [0.5, 0.6) is 0 Å². The standard InChI is InChI=1S/C9H8N2O2S/c1-5-7(11(12)13)3-4-8-9(5)10-6(2)14-8/h3-4H,1-2H3. The van der Waals surface area contributed by atoms with Crippen molar-refractivity contribution in [3.63, 3.8) is 0 Å². The zero-order valence-electron chi connectivity index (χ0n) is 7.77. The van der Waals surface area contributed by atoms with Crippen LogP contribution in [0.15, 0.2) is 12.1 Å². The first-order valence-electron chi connectivity index (χ1n) is 4.10. The fraction of sp³-hybridized carbons (Fsp3) is 0.222. The van der Waals surface area contributed by atoms with Gasteiger partial charge in [0.2, 0.25) is 0 Å². The van der Waals surface area contributed by atoms with Crippen LogP contribution in [-0.4, -0.2) is 9.91 Å². The zero-order chi connectivity index (χ0) is 10.3. The van der Waals surface area contributed by atoms with Crippen molar-refractivity contribution in [1.29, 1.82) is 0 Å². The van der Waals surface area contributed by atoms with E-state index in [2.05, 4.69) is 4.98 Å². The number of nitro groups is 1. The molecule has 4 nitrogen and oxygen atoms in total. The second-order valence-corrected chi connectivity index (χ2v) is 4.28. The summed E-state index contributed by atoms with van der Waals surface area (Å²) in [4.78, 5) is 14.6. The molecule has 0 N–H and O–H groups in total. The smallest absolute Gasteiger partial charge is 0.258 e. The average Bonchev–Trinajstić information content (AvgIpc) is 2.46. The Morgan fingerprint density at radius 2 is 2.14 bits per heavy atom. The lowest BCUT2D eigenvalue weighted by Gasteiger charge is -1.96. The summed E-state index contributed by atoms with van der Waals surface area (Å²) in [5, 5.41) is 11.6. The molecule has 0 atom stereocenters. The van der Waals surface area contributed by atoms with E-state index >= 15 is 0 Å². The summed E-state index contributed by atoms with van der Waals surface area (Å²) in [5.41, 5.74) is 1.54. The molecule has 1 aromatic heterocycles. The third kappa shape index (κ3) is 1.26. The van der Waals surface area contributed by atoms with E-state index < -0.39 is 0 Å². The molecule has 14 heavy (non-hydrogen) atoms.